The molecule has 0 heterocycles. The van der Waals surface area contributed by atoms with Crippen LogP contribution in [0.5, 0.6) is 0 Å². The van der Waals surface area contributed by atoms with Crippen molar-refractivity contribution in [1.82, 2.24) is 0 Å². The van der Waals surface area contributed by atoms with E-state index in [9.17, 15) is 5.11 Å². The smallest absolute Gasteiger partial charge is 0.0942 e. The summed E-state index contributed by atoms with van der Waals surface area (Å²) in [5.74, 6) is 0. The highest BCUT2D eigenvalue weighted by atomic mass is 79.9. The highest BCUT2D eigenvalue weighted by Crippen LogP contribution is 2.29. The third-order valence-electron chi connectivity index (χ3n) is 1.99. The summed E-state index contributed by atoms with van der Waals surface area (Å²) < 4.78 is 1.94. The summed E-state index contributed by atoms with van der Waals surface area (Å²) in [6, 6.07) is 3.92. The molecule has 0 radical (unpaired) electrons. The summed E-state index contributed by atoms with van der Waals surface area (Å²) in [5, 5.41) is 20.9. The molecule has 5 heteroatoms. The van der Waals surface area contributed by atoms with Crippen molar-refractivity contribution in [2.45, 2.75) is 13.0 Å². The van der Waals surface area contributed by atoms with Crippen LogP contribution in [0.2, 0.25) is 0 Å². The molecule has 1 rings (SSSR count). The van der Waals surface area contributed by atoms with Crippen LogP contribution >= 0.6 is 31.9 Å². The molecule has 0 saturated heterocycles. The highest BCUT2D eigenvalue weighted by Gasteiger charge is 2.06. The van der Waals surface area contributed by atoms with E-state index in [2.05, 4.69) is 37.2 Å². The first-order valence-electron chi connectivity index (χ1n) is 4.53. The zero-order valence-electron chi connectivity index (χ0n) is 8.30. The fraction of sp³-hybridized carbons (Fsp3) is 0.400. The molecule has 0 bridgehead atoms. The summed E-state index contributed by atoms with van der Waals surface area (Å²) in [6.45, 7) is 2.09. The van der Waals surface area contributed by atoms with Gasteiger partial charge >= 0.3 is 0 Å². The van der Waals surface area contributed by atoms with Crippen LogP contribution in [0, 0.1) is 6.92 Å². The van der Waals surface area contributed by atoms with Gasteiger partial charge in [0, 0.05) is 21.2 Å². The third kappa shape index (κ3) is 3.75. The molecule has 1 aromatic carbocycles. The van der Waals surface area contributed by atoms with Gasteiger partial charge in [-0.05, 0) is 40.5 Å². The molecule has 0 spiro atoms. The predicted octanol–water partition coefficient (Wildman–Crippen LogP) is 2.29. The van der Waals surface area contributed by atoms with Crippen LogP contribution in [0.3, 0.4) is 0 Å². The molecule has 3 N–H and O–H groups in total. The van der Waals surface area contributed by atoms with Crippen molar-refractivity contribution in [2.24, 2.45) is 0 Å². The minimum absolute atomic E-state index is 0.238. The molecule has 0 fully saturated rings. The lowest BCUT2D eigenvalue weighted by Gasteiger charge is -2.13. The number of aliphatic hydroxyl groups excluding tert-OH is 2. The van der Waals surface area contributed by atoms with Crippen LogP contribution in [0.1, 0.15) is 5.56 Å². The van der Waals surface area contributed by atoms with E-state index in [4.69, 9.17) is 5.11 Å². The predicted molar refractivity (Wildman–Crippen MR) is 68.2 cm³/mol. The SMILES string of the molecule is Cc1cc(Br)c(NCC(O)CO)cc1Br. The van der Waals surface area contributed by atoms with Gasteiger partial charge in [-0.15, -0.1) is 0 Å². The quantitative estimate of drug-likeness (QED) is 0.789. The highest BCUT2D eigenvalue weighted by molar-refractivity contribution is 9.11. The van der Waals surface area contributed by atoms with E-state index in [1.807, 2.05) is 19.1 Å². The third-order valence-corrected chi connectivity index (χ3v) is 3.50. The summed E-state index contributed by atoms with van der Waals surface area (Å²) >= 11 is 6.86. The molecular weight excluding hydrogens is 326 g/mol. The Morgan fingerprint density at radius 2 is 2.00 bits per heavy atom. The van der Waals surface area contributed by atoms with Crippen molar-refractivity contribution >= 4 is 37.5 Å². The normalized spacial score (nSPS) is 12.6. The number of aryl methyl sites for hydroxylation is 1. The van der Waals surface area contributed by atoms with Gasteiger partial charge in [-0.25, -0.2) is 0 Å². The van der Waals surface area contributed by atoms with Gasteiger partial charge in [0.1, 0.15) is 0 Å². The van der Waals surface area contributed by atoms with Gasteiger partial charge in [-0.1, -0.05) is 15.9 Å². The van der Waals surface area contributed by atoms with Crippen LogP contribution < -0.4 is 5.32 Å². The Labute approximate surface area is 106 Å². The van der Waals surface area contributed by atoms with Crippen molar-refractivity contribution in [3.05, 3.63) is 26.6 Å². The number of halogens is 2. The molecule has 15 heavy (non-hydrogen) atoms. The maximum atomic E-state index is 9.19. The van der Waals surface area contributed by atoms with Gasteiger partial charge in [-0.2, -0.15) is 0 Å². The zero-order chi connectivity index (χ0) is 11.4. The molecule has 3 nitrogen and oxygen atoms in total. The number of benzene rings is 1. The number of nitrogens with one attached hydrogen (secondary N) is 1. The Kier molecular flexibility index (Phi) is 5.05. The second kappa shape index (κ2) is 5.84. The molecule has 1 atom stereocenters. The van der Waals surface area contributed by atoms with E-state index in [0.29, 0.717) is 6.54 Å². The number of rotatable bonds is 4. The van der Waals surface area contributed by atoms with Crippen LogP contribution in [-0.2, 0) is 0 Å². The largest absolute Gasteiger partial charge is 0.394 e. The van der Waals surface area contributed by atoms with Crippen LogP contribution in [0.25, 0.3) is 0 Å². The van der Waals surface area contributed by atoms with Crippen molar-refractivity contribution < 1.29 is 10.2 Å². The lowest BCUT2D eigenvalue weighted by molar-refractivity contribution is 0.105. The second-order valence-corrected chi connectivity index (χ2v) is 5.01. The molecule has 0 aromatic heterocycles. The Morgan fingerprint density at radius 1 is 1.33 bits per heavy atom. The number of hydrogen-bond donors (Lipinski definition) is 3. The summed E-state index contributed by atoms with van der Waals surface area (Å²) in [6.07, 6.45) is -0.739. The maximum Gasteiger partial charge on any atom is 0.0942 e. The molecule has 0 aliphatic rings. The standard InChI is InChI=1S/C10H13Br2NO2/c1-6-2-9(12)10(3-8(6)11)13-4-7(15)5-14/h2-3,7,13-15H,4-5H2,1H3. The molecule has 0 amide bonds. The average molecular weight is 339 g/mol. The average Bonchev–Trinajstić information content (AvgIpc) is 2.21. The van der Waals surface area contributed by atoms with E-state index in [-0.39, 0.29) is 6.61 Å². The zero-order valence-corrected chi connectivity index (χ0v) is 11.5. The van der Waals surface area contributed by atoms with E-state index in [1.54, 1.807) is 0 Å². The van der Waals surface area contributed by atoms with Gasteiger partial charge in [0.05, 0.1) is 12.7 Å². The van der Waals surface area contributed by atoms with Gasteiger partial charge in [-0.3, -0.25) is 0 Å². The van der Waals surface area contributed by atoms with E-state index < -0.39 is 6.10 Å². The summed E-state index contributed by atoms with van der Waals surface area (Å²) in [7, 11) is 0. The number of hydrogen-bond acceptors (Lipinski definition) is 3. The molecule has 84 valence electrons. The summed E-state index contributed by atoms with van der Waals surface area (Å²) in [5.41, 5.74) is 2.02. The first kappa shape index (κ1) is 13.0. The van der Waals surface area contributed by atoms with Gasteiger partial charge in [0.25, 0.3) is 0 Å². The van der Waals surface area contributed by atoms with Crippen LogP contribution in [0.15, 0.2) is 21.1 Å². The Balaban J connectivity index is 2.73. The molecule has 0 aliphatic carbocycles. The first-order valence-corrected chi connectivity index (χ1v) is 6.11. The van der Waals surface area contributed by atoms with Gasteiger partial charge < -0.3 is 15.5 Å². The minimum atomic E-state index is -0.739. The minimum Gasteiger partial charge on any atom is -0.394 e. The van der Waals surface area contributed by atoms with Crippen molar-refractivity contribution in [1.29, 1.82) is 0 Å². The van der Waals surface area contributed by atoms with Crippen molar-refractivity contribution in [3.8, 4) is 0 Å². The second-order valence-electron chi connectivity index (χ2n) is 3.30. The lowest BCUT2D eigenvalue weighted by atomic mass is 10.2. The first-order chi connectivity index (χ1) is 7.04. The molecule has 0 saturated carbocycles. The summed E-state index contributed by atoms with van der Waals surface area (Å²) in [4.78, 5) is 0. The topological polar surface area (TPSA) is 52.5 Å². The molecule has 1 unspecified atom stereocenters. The number of anilines is 1. The fourth-order valence-corrected chi connectivity index (χ4v) is 2.02. The fourth-order valence-electron chi connectivity index (χ4n) is 1.07. The maximum absolute atomic E-state index is 9.19. The number of aliphatic hydroxyl groups is 2. The van der Waals surface area contributed by atoms with Crippen LogP contribution in [-0.4, -0.2) is 29.5 Å². The van der Waals surface area contributed by atoms with Gasteiger partial charge in [0.2, 0.25) is 0 Å². The molecule has 0 aliphatic heterocycles. The monoisotopic (exact) mass is 337 g/mol. The Hall–Kier alpha value is -0.100. The van der Waals surface area contributed by atoms with Crippen molar-refractivity contribution in [2.75, 3.05) is 18.5 Å². The van der Waals surface area contributed by atoms with E-state index >= 15 is 0 Å². The van der Waals surface area contributed by atoms with E-state index in [1.165, 1.54) is 0 Å². The molecular formula is C10H13Br2NO2. The Morgan fingerprint density at radius 3 is 2.60 bits per heavy atom. The Bertz CT molecular complexity index is 344. The van der Waals surface area contributed by atoms with Crippen LogP contribution in [0.4, 0.5) is 5.69 Å². The van der Waals surface area contributed by atoms with E-state index in [0.717, 1.165) is 20.2 Å². The lowest BCUT2D eigenvalue weighted by Crippen LogP contribution is -2.23. The molecule has 1 aromatic rings. The van der Waals surface area contributed by atoms with Crippen molar-refractivity contribution in [3.63, 3.8) is 0 Å². The van der Waals surface area contributed by atoms with Gasteiger partial charge in [0.15, 0.2) is 0 Å².